The number of hydrogen-bond acceptors (Lipinski definition) is 7. The largest absolute Gasteiger partial charge is 0.444 e. The molecule has 2 aliphatic rings. The van der Waals surface area contributed by atoms with E-state index in [4.69, 9.17) is 4.74 Å². The van der Waals surface area contributed by atoms with E-state index >= 15 is 0 Å². The molecule has 0 saturated carbocycles. The molecule has 0 saturated heterocycles. The maximum Gasteiger partial charge on any atom is 0.433 e. The fourth-order valence-electron chi connectivity index (χ4n) is 6.10. The average molecular weight is 729 g/mol. The normalized spacial score (nSPS) is 17.6. The summed E-state index contributed by atoms with van der Waals surface area (Å²) in [6, 6.07) is 7.52. The number of aryl methyl sites for hydroxylation is 2. The molecule has 6 rings (SSSR count). The molecule has 0 aromatic carbocycles. The molecule has 10 nitrogen and oxygen atoms in total. The van der Waals surface area contributed by atoms with E-state index in [1.54, 1.807) is 50.5 Å². The van der Waals surface area contributed by atoms with Crippen molar-refractivity contribution in [1.29, 1.82) is 0 Å². The van der Waals surface area contributed by atoms with Crippen LogP contribution in [0, 0.1) is 0 Å². The van der Waals surface area contributed by atoms with Crippen LogP contribution in [0.15, 0.2) is 36.4 Å². The summed E-state index contributed by atoms with van der Waals surface area (Å²) in [6.07, 6.45) is -8.20. The zero-order valence-electron chi connectivity index (χ0n) is 28.6. The number of pyridine rings is 2. The maximum absolute atomic E-state index is 13.0. The van der Waals surface area contributed by atoms with E-state index in [0.29, 0.717) is 35.7 Å². The van der Waals surface area contributed by atoms with Crippen molar-refractivity contribution in [2.24, 2.45) is 14.1 Å². The number of ether oxygens (including phenoxy) is 1. The summed E-state index contributed by atoms with van der Waals surface area (Å²) in [4.78, 5) is 21.6. The molecule has 0 bridgehead atoms. The molecule has 2 unspecified atom stereocenters. The van der Waals surface area contributed by atoms with Crippen molar-refractivity contribution in [2.75, 3.05) is 13.1 Å². The van der Waals surface area contributed by atoms with Gasteiger partial charge in [0.25, 0.3) is 0 Å². The summed E-state index contributed by atoms with van der Waals surface area (Å²) in [5, 5.41) is 12.2. The molecule has 4 aromatic rings. The molecule has 0 spiro atoms. The van der Waals surface area contributed by atoms with E-state index in [9.17, 15) is 31.1 Å². The summed E-state index contributed by atoms with van der Waals surface area (Å²) in [6.45, 7) is 10.4. The zero-order chi connectivity index (χ0) is 36.1. The van der Waals surface area contributed by atoms with Crippen molar-refractivity contribution in [2.45, 2.75) is 77.5 Å². The number of carbonyl (C=O) groups is 1. The maximum atomic E-state index is 13.0. The predicted octanol–water partition coefficient (Wildman–Crippen LogP) is 7.48. The number of halogens is 7. The first kappa shape index (κ1) is 38.6. The first-order chi connectivity index (χ1) is 22.8. The number of nitrogens with zero attached hydrogens (tertiary/aromatic N) is 7. The molecule has 1 amide bonds. The molecule has 1 N–H and O–H groups in total. The molecule has 2 aliphatic heterocycles. The van der Waals surface area contributed by atoms with Gasteiger partial charge in [-0.1, -0.05) is 12.1 Å². The number of hydrogen-bond donors (Lipinski definition) is 1. The Hall–Kier alpha value is -4.18. The lowest BCUT2D eigenvalue weighted by Gasteiger charge is -2.34. The van der Waals surface area contributed by atoms with Gasteiger partial charge in [-0.2, -0.15) is 36.5 Å². The van der Waals surface area contributed by atoms with E-state index in [0.717, 1.165) is 41.9 Å². The molecule has 6 heterocycles. The van der Waals surface area contributed by atoms with Crippen molar-refractivity contribution in [3.8, 4) is 22.8 Å². The minimum atomic E-state index is -4.52. The first-order valence-electron chi connectivity index (χ1n) is 15.7. The van der Waals surface area contributed by atoms with Crippen molar-refractivity contribution in [3.05, 3.63) is 70.3 Å². The van der Waals surface area contributed by atoms with Crippen LogP contribution in [-0.4, -0.2) is 59.2 Å². The van der Waals surface area contributed by atoms with Crippen LogP contribution in [-0.2, 0) is 44.0 Å². The number of rotatable bonds is 2. The smallest absolute Gasteiger partial charge is 0.433 e. The third kappa shape index (κ3) is 8.06. The van der Waals surface area contributed by atoms with Crippen molar-refractivity contribution < 1.29 is 35.9 Å². The van der Waals surface area contributed by atoms with E-state index in [1.807, 2.05) is 13.8 Å². The molecule has 2 atom stereocenters. The molecule has 0 aliphatic carbocycles. The molecule has 4 aromatic heterocycles. The summed E-state index contributed by atoms with van der Waals surface area (Å²) < 4.78 is 86.2. The van der Waals surface area contributed by atoms with Crippen molar-refractivity contribution in [1.82, 2.24) is 39.7 Å². The minimum absolute atomic E-state index is 0. The lowest BCUT2D eigenvalue weighted by atomic mass is 9.97. The van der Waals surface area contributed by atoms with Crippen LogP contribution < -0.4 is 5.32 Å². The highest BCUT2D eigenvalue weighted by atomic mass is 35.5. The number of nitrogens with one attached hydrogen (secondary N) is 1. The second-order valence-corrected chi connectivity index (χ2v) is 13.0. The molecule has 17 heteroatoms. The van der Waals surface area contributed by atoms with Gasteiger partial charge in [-0.05, 0) is 78.3 Å². The standard InChI is InChI=1S/C19H23F3N4O2.C14H15F3N4.ClH/c1-11-15-12(9-10-26(11)17(27)28-18(2,3)4)16(25(5)24-15)13-7-6-8-14(23-13)19(20,21)22;1-8-12-9(6-7-18-8)13(21(2)20-12)10-4-3-5-11(19-10)14(15,16)17;/h6-8,11H,9-10H2,1-5H3;3-5,8,18H,6-7H2,1-2H3;1H. The van der Waals surface area contributed by atoms with E-state index in [2.05, 4.69) is 25.5 Å². The monoisotopic (exact) mass is 728 g/mol. The summed E-state index contributed by atoms with van der Waals surface area (Å²) >= 11 is 0. The van der Waals surface area contributed by atoms with Crippen molar-refractivity contribution >= 4 is 18.5 Å². The topological polar surface area (TPSA) is 103 Å². The number of carbonyl (C=O) groups excluding carboxylic acids is 1. The second-order valence-electron chi connectivity index (χ2n) is 13.0. The minimum Gasteiger partial charge on any atom is -0.444 e. The van der Waals surface area contributed by atoms with Gasteiger partial charge >= 0.3 is 18.4 Å². The number of fused-ring (bicyclic) bond motifs is 2. The van der Waals surface area contributed by atoms with Crippen LogP contribution in [0.1, 0.15) is 80.6 Å². The van der Waals surface area contributed by atoms with Gasteiger partial charge in [-0.15, -0.1) is 12.4 Å². The quantitative estimate of drug-likeness (QED) is 0.214. The van der Waals surface area contributed by atoms with Crippen LogP contribution in [0.25, 0.3) is 22.8 Å². The summed E-state index contributed by atoms with van der Waals surface area (Å²) in [5.74, 6) is 0. The molecule has 0 radical (unpaired) electrons. The van der Waals surface area contributed by atoms with Crippen LogP contribution in [0.3, 0.4) is 0 Å². The number of alkyl halides is 6. The van der Waals surface area contributed by atoms with E-state index < -0.39 is 35.4 Å². The van der Waals surface area contributed by atoms with Crippen molar-refractivity contribution in [3.63, 3.8) is 0 Å². The molecule has 50 heavy (non-hydrogen) atoms. The Kier molecular flexibility index (Phi) is 11.0. The third-order valence-corrected chi connectivity index (χ3v) is 8.25. The summed E-state index contributed by atoms with van der Waals surface area (Å²) in [7, 11) is 3.41. The van der Waals surface area contributed by atoms with Gasteiger partial charge in [0, 0.05) is 37.8 Å². The third-order valence-electron chi connectivity index (χ3n) is 8.25. The van der Waals surface area contributed by atoms with Gasteiger partial charge < -0.3 is 10.1 Å². The Morgan fingerprint density at radius 3 is 1.76 bits per heavy atom. The van der Waals surface area contributed by atoms with Crippen LogP contribution in [0.5, 0.6) is 0 Å². The van der Waals surface area contributed by atoms with Gasteiger partial charge in [-0.25, -0.2) is 14.8 Å². The van der Waals surface area contributed by atoms with Crippen LogP contribution in [0.2, 0.25) is 0 Å². The van der Waals surface area contributed by atoms with Gasteiger partial charge in [0.15, 0.2) is 0 Å². The Morgan fingerprint density at radius 1 is 0.800 bits per heavy atom. The highest BCUT2D eigenvalue weighted by Crippen LogP contribution is 2.37. The second kappa shape index (κ2) is 14.2. The number of aromatic nitrogens is 6. The summed E-state index contributed by atoms with van der Waals surface area (Å²) in [5.41, 5.74) is 2.62. The zero-order valence-corrected chi connectivity index (χ0v) is 29.4. The Morgan fingerprint density at radius 2 is 1.28 bits per heavy atom. The van der Waals surface area contributed by atoms with Crippen LogP contribution in [0.4, 0.5) is 31.1 Å². The first-order valence-corrected chi connectivity index (χ1v) is 15.7. The van der Waals surface area contributed by atoms with Gasteiger partial charge in [-0.3, -0.25) is 14.3 Å². The Labute approximate surface area is 291 Å². The van der Waals surface area contributed by atoms with Gasteiger partial charge in [0.1, 0.15) is 17.0 Å². The molecular weight excluding hydrogens is 690 g/mol. The lowest BCUT2D eigenvalue weighted by molar-refractivity contribution is -0.141. The predicted molar refractivity (Wildman–Crippen MR) is 175 cm³/mol. The Balaban J connectivity index is 0.000000229. The fourth-order valence-corrected chi connectivity index (χ4v) is 6.10. The average Bonchev–Trinajstić information content (AvgIpc) is 3.53. The van der Waals surface area contributed by atoms with Gasteiger partial charge in [0.2, 0.25) is 0 Å². The van der Waals surface area contributed by atoms with E-state index in [1.165, 1.54) is 22.9 Å². The SMILES string of the molecule is CC1NCCc2c1nn(C)c2-c1cccc(C(F)(F)F)n1.CC1c2nn(C)c(-c3cccc(C(F)(F)F)n3)c2CCN1C(=O)OC(C)(C)C.Cl. The van der Waals surface area contributed by atoms with Gasteiger partial charge in [0.05, 0.1) is 40.2 Å². The highest BCUT2D eigenvalue weighted by Gasteiger charge is 2.37. The highest BCUT2D eigenvalue weighted by molar-refractivity contribution is 5.85. The Bertz CT molecular complexity index is 1850. The lowest BCUT2D eigenvalue weighted by Crippen LogP contribution is -2.42. The van der Waals surface area contributed by atoms with Crippen LogP contribution >= 0.6 is 12.4 Å². The van der Waals surface area contributed by atoms with E-state index in [-0.39, 0.29) is 30.2 Å². The number of amides is 1. The molecular formula is C33H39ClF6N8O2. The molecule has 272 valence electrons. The molecule has 0 fully saturated rings. The fraction of sp³-hybridized carbons (Fsp3) is 0.485.